The van der Waals surface area contributed by atoms with E-state index in [0.29, 0.717) is 11.3 Å². The molecule has 0 atom stereocenters. The van der Waals surface area contributed by atoms with Gasteiger partial charge in [-0.25, -0.2) is 5.10 Å². The lowest BCUT2D eigenvalue weighted by Gasteiger charge is -2.02. The largest absolute Gasteiger partial charge is 0.391 e. The Bertz CT molecular complexity index is 544. The quantitative estimate of drug-likeness (QED) is 0.793. The summed E-state index contributed by atoms with van der Waals surface area (Å²) >= 11 is 0. The zero-order chi connectivity index (χ0) is 11.5. The first-order chi connectivity index (χ1) is 7.70. The van der Waals surface area contributed by atoms with E-state index in [2.05, 4.69) is 10.2 Å². The molecule has 16 heavy (non-hydrogen) atoms. The molecule has 0 aliphatic rings. The first kappa shape index (κ1) is 10.6. The van der Waals surface area contributed by atoms with Crippen LogP contribution in [-0.2, 0) is 6.61 Å². The summed E-state index contributed by atoms with van der Waals surface area (Å²) in [6.07, 6.45) is 0. The zero-order valence-corrected chi connectivity index (χ0v) is 8.90. The van der Waals surface area contributed by atoms with Crippen LogP contribution in [0.3, 0.4) is 0 Å². The van der Waals surface area contributed by atoms with Gasteiger partial charge in [0.2, 0.25) is 0 Å². The third kappa shape index (κ3) is 2.01. The molecule has 0 amide bonds. The van der Waals surface area contributed by atoms with E-state index in [1.807, 2.05) is 31.2 Å². The standard InChI is InChI=1S/C12H12N2O2/c1-8-2-4-9(5-3-8)11-6-10(7-15)12(16)14-13-11/h2-6,15H,7H2,1H3,(H,14,16). The first-order valence-electron chi connectivity index (χ1n) is 4.97. The van der Waals surface area contributed by atoms with Crippen LogP contribution in [0.15, 0.2) is 35.1 Å². The maximum atomic E-state index is 11.2. The molecule has 2 aromatic rings. The van der Waals surface area contributed by atoms with E-state index < -0.39 is 0 Å². The summed E-state index contributed by atoms with van der Waals surface area (Å²) in [4.78, 5) is 11.2. The van der Waals surface area contributed by atoms with Gasteiger partial charge in [0.1, 0.15) is 0 Å². The van der Waals surface area contributed by atoms with Crippen molar-refractivity contribution < 1.29 is 5.11 Å². The van der Waals surface area contributed by atoms with Crippen LogP contribution in [0.2, 0.25) is 0 Å². The summed E-state index contributed by atoms with van der Waals surface area (Å²) in [6.45, 7) is 1.72. The number of rotatable bonds is 2. The predicted molar refractivity (Wildman–Crippen MR) is 61.0 cm³/mol. The second-order valence-corrected chi connectivity index (χ2v) is 3.63. The monoisotopic (exact) mass is 216 g/mol. The second kappa shape index (κ2) is 4.28. The van der Waals surface area contributed by atoms with Crippen LogP contribution >= 0.6 is 0 Å². The van der Waals surface area contributed by atoms with Crippen molar-refractivity contribution in [3.05, 3.63) is 51.8 Å². The number of hydrogen-bond acceptors (Lipinski definition) is 3. The van der Waals surface area contributed by atoms with Crippen LogP contribution in [0.1, 0.15) is 11.1 Å². The second-order valence-electron chi connectivity index (χ2n) is 3.63. The van der Waals surface area contributed by atoms with E-state index >= 15 is 0 Å². The van der Waals surface area contributed by atoms with Gasteiger partial charge in [0.25, 0.3) is 5.56 Å². The fraction of sp³-hybridized carbons (Fsp3) is 0.167. The highest BCUT2D eigenvalue weighted by Crippen LogP contribution is 2.16. The Morgan fingerprint density at radius 1 is 1.31 bits per heavy atom. The van der Waals surface area contributed by atoms with E-state index in [4.69, 9.17) is 5.11 Å². The normalized spacial score (nSPS) is 10.4. The van der Waals surface area contributed by atoms with Crippen molar-refractivity contribution >= 4 is 0 Å². The van der Waals surface area contributed by atoms with Crippen molar-refractivity contribution in [1.82, 2.24) is 10.2 Å². The fourth-order valence-electron chi connectivity index (χ4n) is 1.44. The molecule has 2 N–H and O–H groups in total. The summed E-state index contributed by atoms with van der Waals surface area (Å²) in [5.41, 5.74) is 2.71. The average molecular weight is 216 g/mol. The fourth-order valence-corrected chi connectivity index (χ4v) is 1.44. The smallest absolute Gasteiger partial charge is 0.269 e. The third-order valence-corrected chi connectivity index (χ3v) is 2.40. The first-order valence-corrected chi connectivity index (χ1v) is 4.97. The Kier molecular flexibility index (Phi) is 2.83. The van der Waals surface area contributed by atoms with Crippen molar-refractivity contribution in [1.29, 1.82) is 0 Å². The number of aromatic nitrogens is 2. The molecule has 0 aliphatic heterocycles. The topological polar surface area (TPSA) is 66.0 Å². The summed E-state index contributed by atoms with van der Waals surface area (Å²) in [6, 6.07) is 9.40. The van der Waals surface area contributed by atoms with E-state index in [9.17, 15) is 4.79 Å². The molecule has 82 valence electrons. The van der Waals surface area contributed by atoms with Crippen molar-refractivity contribution in [2.75, 3.05) is 0 Å². The predicted octanol–water partition coefficient (Wildman–Crippen LogP) is 1.24. The molecule has 4 heteroatoms. The van der Waals surface area contributed by atoms with Gasteiger partial charge in [-0.3, -0.25) is 4.79 Å². The minimum atomic E-state index is -0.349. The minimum absolute atomic E-state index is 0.281. The van der Waals surface area contributed by atoms with Crippen LogP contribution in [0.5, 0.6) is 0 Å². The van der Waals surface area contributed by atoms with Crippen molar-refractivity contribution in [3.8, 4) is 11.3 Å². The van der Waals surface area contributed by atoms with E-state index in [1.165, 1.54) is 0 Å². The molecule has 1 heterocycles. The lowest BCUT2D eigenvalue weighted by molar-refractivity contribution is 0.280. The molecule has 0 saturated carbocycles. The van der Waals surface area contributed by atoms with Crippen molar-refractivity contribution in [2.45, 2.75) is 13.5 Å². The molecule has 0 fully saturated rings. The number of benzene rings is 1. The summed E-state index contributed by atoms with van der Waals surface area (Å²) < 4.78 is 0. The molecule has 0 unspecified atom stereocenters. The van der Waals surface area contributed by atoms with Crippen LogP contribution < -0.4 is 5.56 Å². The Balaban J connectivity index is 2.48. The van der Waals surface area contributed by atoms with Gasteiger partial charge >= 0.3 is 0 Å². The van der Waals surface area contributed by atoms with Gasteiger partial charge in [-0.15, -0.1) is 0 Å². The van der Waals surface area contributed by atoms with Gasteiger partial charge < -0.3 is 5.11 Å². The van der Waals surface area contributed by atoms with Gasteiger partial charge in [-0.05, 0) is 13.0 Å². The van der Waals surface area contributed by atoms with Gasteiger partial charge in [-0.2, -0.15) is 5.10 Å². The van der Waals surface area contributed by atoms with Gasteiger partial charge in [0, 0.05) is 11.1 Å². The van der Waals surface area contributed by atoms with E-state index in [0.717, 1.165) is 11.1 Å². The summed E-state index contributed by atoms with van der Waals surface area (Å²) in [5, 5.41) is 15.3. The molecule has 1 aromatic heterocycles. The summed E-state index contributed by atoms with van der Waals surface area (Å²) in [7, 11) is 0. The summed E-state index contributed by atoms with van der Waals surface area (Å²) in [5.74, 6) is 0. The molecular weight excluding hydrogens is 204 g/mol. The van der Waals surface area contributed by atoms with E-state index in [1.54, 1.807) is 6.07 Å². The lowest BCUT2D eigenvalue weighted by atomic mass is 10.1. The molecule has 0 aliphatic carbocycles. The van der Waals surface area contributed by atoms with Gasteiger partial charge in [0.15, 0.2) is 0 Å². The molecule has 0 saturated heterocycles. The van der Waals surface area contributed by atoms with Crippen LogP contribution in [-0.4, -0.2) is 15.3 Å². The minimum Gasteiger partial charge on any atom is -0.391 e. The Morgan fingerprint density at radius 2 is 2.00 bits per heavy atom. The molecule has 2 rings (SSSR count). The molecule has 0 radical (unpaired) electrons. The number of aryl methyl sites for hydroxylation is 1. The third-order valence-electron chi connectivity index (χ3n) is 2.40. The number of nitrogens with one attached hydrogen (secondary N) is 1. The highest BCUT2D eigenvalue weighted by molar-refractivity contribution is 5.59. The number of aromatic amines is 1. The Labute approximate surface area is 92.6 Å². The SMILES string of the molecule is Cc1ccc(-c2cc(CO)c(=O)[nH]n2)cc1. The molecule has 0 bridgehead atoms. The number of aliphatic hydroxyl groups excluding tert-OH is 1. The highest BCUT2D eigenvalue weighted by Gasteiger charge is 2.03. The van der Waals surface area contributed by atoms with Gasteiger partial charge in [-0.1, -0.05) is 29.8 Å². The zero-order valence-electron chi connectivity index (χ0n) is 8.90. The maximum absolute atomic E-state index is 11.2. The lowest BCUT2D eigenvalue weighted by Crippen LogP contribution is -2.14. The molecular formula is C12H12N2O2. The Morgan fingerprint density at radius 3 is 2.62 bits per heavy atom. The number of aliphatic hydroxyl groups is 1. The number of hydrogen-bond donors (Lipinski definition) is 2. The average Bonchev–Trinajstić information content (AvgIpc) is 2.31. The van der Waals surface area contributed by atoms with Crippen LogP contribution in [0.4, 0.5) is 0 Å². The number of H-pyrrole nitrogens is 1. The number of nitrogens with zero attached hydrogens (tertiary/aromatic N) is 1. The molecule has 1 aromatic carbocycles. The van der Waals surface area contributed by atoms with Crippen molar-refractivity contribution in [3.63, 3.8) is 0 Å². The highest BCUT2D eigenvalue weighted by atomic mass is 16.3. The van der Waals surface area contributed by atoms with Crippen LogP contribution in [0, 0.1) is 6.92 Å². The molecule has 4 nitrogen and oxygen atoms in total. The maximum Gasteiger partial charge on any atom is 0.269 e. The van der Waals surface area contributed by atoms with Crippen LogP contribution in [0.25, 0.3) is 11.3 Å². The van der Waals surface area contributed by atoms with E-state index in [-0.39, 0.29) is 12.2 Å². The van der Waals surface area contributed by atoms with Crippen molar-refractivity contribution in [2.24, 2.45) is 0 Å². The molecule has 0 spiro atoms. The Hall–Kier alpha value is -1.94. The van der Waals surface area contributed by atoms with Gasteiger partial charge in [0.05, 0.1) is 12.3 Å².